The van der Waals surface area contributed by atoms with Crippen molar-refractivity contribution in [2.24, 2.45) is 0 Å². The summed E-state index contributed by atoms with van der Waals surface area (Å²) in [6.07, 6.45) is 1.81. The maximum atomic E-state index is 4.25. The molecule has 2 heterocycles. The monoisotopic (exact) mass is 239 g/mol. The van der Waals surface area contributed by atoms with Gasteiger partial charge in [-0.05, 0) is 34.1 Å². The Hall–Kier alpha value is -0.670. The highest BCUT2D eigenvalue weighted by Gasteiger charge is 1.99. The number of hydrogen-bond donors (Lipinski definition) is 0. The van der Waals surface area contributed by atoms with Crippen LogP contribution in [0.3, 0.4) is 0 Å². The Morgan fingerprint density at radius 3 is 2.83 bits per heavy atom. The van der Waals surface area contributed by atoms with E-state index < -0.39 is 0 Å². The zero-order chi connectivity index (χ0) is 8.39. The van der Waals surface area contributed by atoms with Crippen LogP contribution >= 0.6 is 27.3 Å². The molecule has 0 unspecified atom stereocenters. The van der Waals surface area contributed by atoms with E-state index in [0.717, 1.165) is 9.48 Å². The second kappa shape index (κ2) is 3.37. The van der Waals surface area contributed by atoms with E-state index in [1.165, 1.54) is 5.56 Å². The molecule has 0 aromatic carbocycles. The predicted octanol–water partition coefficient (Wildman–Crippen LogP) is 3.57. The van der Waals surface area contributed by atoms with Crippen LogP contribution in [0.5, 0.6) is 0 Å². The van der Waals surface area contributed by atoms with Crippen LogP contribution in [-0.4, -0.2) is 4.98 Å². The Bertz CT molecular complexity index is 369. The minimum absolute atomic E-state index is 1.03. The lowest BCUT2D eigenvalue weighted by Crippen LogP contribution is -1.76. The number of nitrogens with zero attached hydrogens (tertiary/aromatic N) is 1. The van der Waals surface area contributed by atoms with Gasteiger partial charge in [0, 0.05) is 17.1 Å². The van der Waals surface area contributed by atoms with Gasteiger partial charge in [-0.3, -0.25) is 4.98 Å². The molecule has 2 rings (SSSR count). The van der Waals surface area contributed by atoms with E-state index in [2.05, 4.69) is 32.4 Å². The first-order valence-electron chi connectivity index (χ1n) is 3.52. The van der Waals surface area contributed by atoms with E-state index in [-0.39, 0.29) is 0 Å². The Kier molecular flexibility index (Phi) is 2.23. The summed E-state index contributed by atoms with van der Waals surface area (Å²) in [7, 11) is 0. The molecule has 0 N–H and O–H groups in total. The van der Waals surface area contributed by atoms with E-state index in [4.69, 9.17) is 0 Å². The molecule has 0 aliphatic carbocycles. The van der Waals surface area contributed by atoms with Gasteiger partial charge in [-0.1, -0.05) is 6.07 Å². The van der Waals surface area contributed by atoms with Crippen molar-refractivity contribution in [3.8, 4) is 11.3 Å². The maximum Gasteiger partial charge on any atom is 0.0710 e. The van der Waals surface area contributed by atoms with Crippen LogP contribution < -0.4 is 0 Å². The van der Waals surface area contributed by atoms with Crippen molar-refractivity contribution in [1.29, 1.82) is 0 Å². The first kappa shape index (κ1) is 7.95. The maximum absolute atomic E-state index is 4.25. The third kappa shape index (κ3) is 1.57. The number of thiophene rings is 1. The number of rotatable bonds is 1. The van der Waals surface area contributed by atoms with Gasteiger partial charge >= 0.3 is 0 Å². The van der Waals surface area contributed by atoms with E-state index in [0.29, 0.717) is 0 Å². The van der Waals surface area contributed by atoms with Crippen LogP contribution in [0.4, 0.5) is 0 Å². The first-order chi connectivity index (χ1) is 5.86. The molecule has 0 fully saturated rings. The lowest BCUT2D eigenvalue weighted by atomic mass is 10.2. The molecule has 0 bridgehead atoms. The highest BCUT2D eigenvalue weighted by Crippen LogP contribution is 2.27. The molecule has 12 heavy (non-hydrogen) atoms. The van der Waals surface area contributed by atoms with Crippen molar-refractivity contribution in [3.63, 3.8) is 0 Å². The summed E-state index contributed by atoms with van der Waals surface area (Å²) in [4.78, 5) is 4.25. The van der Waals surface area contributed by atoms with Crippen LogP contribution in [0.25, 0.3) is 11.3 Å². The molecule has 0 atom stereocenters. The van der Waals surface area contributed by atoms with Crippen LogP contribution in [0.2, 0.25) is 0 Å². The molecule has 0 spiro atoms. The van der Waals surface area contributed by atoms with Gasteiger partial charge in [-0.15, -0.1) is 11.3 Å². The lowest BCUT2D eigenvalue weighted by molar-refractivity contribution is 1.33. The standard InChI is InChI=1S/C9H6BrNS/c10-9-5-7(6-12-9)8-3-1-2-4-11-8/h1-6H. The summed E-state index contributed by atoms with van der Waals surface area (Å²) in [6.45, 7) is 0. The van der Waals surface area contributed by atoms with Crippen molar-refractivity contribution in [2.45, 2.75) is 0 Å². The summed E-state index contributed by atoms with van der Waals surface area (Å²) < 4.78 is 1.14. The Morgan fingerprint density at radius 2 is 2.25 bits per heavy atom. The molecule has 0 saturated heterocycles. The third-order valence-corrected chi connectivity index (χ3v) is 3.03. The fraction of sp³-hybridized carbons (Fsp3) is 0. The Labute approximate surface area is 83.2 Å². The molecule has 0 aliphatic rings. The minimum atomic E-state index is 1.03. The highest BCUT2D eigenvalue weighted by molar-refractivity contribution is 9.11. The zero-order valence-electron chi connectivity index (χ0n) is 6.20. The summed E-state index contributed by atoms with van der Waals surface area (Å²) >= 11 is 5.10. The molecular weight excluding hydrogens is 234 g/mol. The zero-order valence-corrected chi connectivity index (χ0v) is 8.60. The smallest absolute Gasteiger partial charge is 0.0710 e. The summed E-state index contributed by atoms with van der Waals surface area (Å²) in [5, 5.41) is 2.09. The lowest BCUT2D eigenvalue weighted by Gasteiger charge is -1.92. The fourth-order valence-electron chi connectivity index (χ4n) is 0.978. The molecule has 0 amide bonds. The Balaban J connectivity index is 2.45. The first-order valence-corrected chi connectivity index (χ1v) is 5.19. The van der Waals surface area contributed by atoms with Gasteiger partial charge in [0.2, 0.25) is 0 Å². The van der Waals surface area contributed by atoms with Gasteiger partial charge in [0.25, 0.3) is 0 Å². The molecule has 0 radical (unpaired) electrons. The van der Waals surface area contributed by atoms with Gasteiger partial charge in [0.1, 0.15) is 0 Å². The van der Waals surface area contributed by atoms with Gasteiger partial charge in [-0.25, -0.2) is 0 Å². The van der Waals surface area contributed by atoms with Crippen LogP contribution in [0, 0.1) is 0 Å². The van der Waals surface area contributed by atoms with Crippen molar-refractivity contribution < 1.29 is 0 Å². The van der Waals surface area contributed by atoms with Crippen LogP contribution in [-0.2, 0) is 0 Å². The average molecular weight is 240 g/mol. The molecule has 60 valence electrons. The van der Waals surface area contributed by atoms with E-state index in [9.17, 15) is 0 Å². The second-order valence-corrected chi connectivity index (χ2v) is 4.64. The van der Waals surface area contributed by atoms with Gasteiger partial charge < -0.3 is 0 Å². The third-order valence-electron chi connectivity index (χ3n) is 1.53. The van der Waals surface area contributed by atoms with Gasteiger partial charge in [-0.2, -0.15) is 0 Å². The van der Waals surface area contributed by atoms with Crippen molar-refractivity contribution in [2.75, 3.05) is 0 Å². The quantitative estimate of drug-likeness (QED) is 0.742. The SMILES string of the molecule is Brc1cc(-c2ccccn2)cs1. The van der Waals surface area contributed by atoms with Crippen molar-refractivity contribution in [1.82, 2.24) is 4.98 Å². The number of aromatic nitrogens is 1. The molecule has 2 aromatic rings. The average Bonchev–Trinajstić information content (AvgIpc) is 2.54. The normalized spacial score (nSPS) is 10.1. The molecule has 1 nitrogen and oxygen atoms in total. The Morgan fingerprint density at radius 1 is 1.33 bits per heavy atom. The van der Waals surface area contributed by atoms with E-state index in [1.54, 1.807) is 17.5 Å². The molecule has 3 heteroatoms. The second-order valence-electron chi connectivity index (χ2n) is 2.35. The molecular formula is C9H6BrNS. The summed E-state index contributed by atoms with van der Waals surface area (Å²) in [5.41, 5.74) is 2.20. The van der Waals surface area contributed by atoms with Gasteiger partial charge in [0.15, 0.2) is 0 Å². The largest absolute Gasteiger partial charge is 0.256 e. The molecule has 2 aromatic heterocycles. The number of halogens is 1. The molecule has 0 aliphatic heterocycles. The van der Waals surface area contributed by atoms with Gasteiger partial charge in [0.05, 0.1) is 9.48 Å². The predicted molar refractivity (Wildman–Crippen MR) is 55.3 cm³/mol. The van der Waals surface area contributed by atoms with Crippen LogP contribution in [0.1, 0.15) is 0 Å². The van der Waals surface area contributed by atoms with Crippen LogP contribution in [0.15, 0.2) is 39.6 Å². The van der Waals surface area contributed by atoms with E-state index >= 15 is 0 Å². The summed E-state index contributed by atoms with van der Waals surface area (Å²) in [5.74, 6) is 0. The topological polar surface area (TPSA) is 12.9 Å². The minimum Gasteiger partial charge on any atom is -0.256 e. The van der Waals surface area contributed by atoms with E-state index in [1.807, 2.05) is 18.2 Å². The van der Waals surface area contributed by atoms with Crippen molar-refractivity contribution >= 4 is 27.3 Å². The number of pyridine rings is 1. The molecule has 0 saturated carbocycles. The summed E-state index contributed by atoms with van der Waals surface area (Å²) in [6, 6.07) is 8.00. The number of hydrogen-bond acceptors (Lipinski definition) is 2. The highest BCUT2D eigenvalue weighted by atomic mass is 79.9. The fourth-order valence-corrected chi connectivity index (χ4v) is 2.13. The van der Waals surface area contributed by atoms with Crippen molar-refractivity contribution in [3.05, 3.63) is 39.6 Å².